The predicted molar refractivity (Wildman–Crippen MR) is 82.7 cm³/mol. The van der Waals surface area contributed by atoms with E-state index in [1.165, 1.54) is 25.4 Å². The number of halogens is 2. The second-order valence-corrected chi connectivity index (χ2v) is 5.55. The molecule has 0 amide bonds. The molecule has 0 aliphatic rings. The molecule has 0 radical (unpaired) electrons. The molecule has 9 heteroatoms. The SMILES string of the molecule is CCNC=C(Sc1cc([N+](=O)[O-])c(Cl)cc1Cl)C(=O)OC. The highest BCUT2D eigenvalue weighted by atomic mass is 35.5. The zero-order valence-corrected chi connectivity index (χ0v) is 13.5. The van der Waals surface area contributed by atoms with Crippen molar-refractivity contribution < 1.29 is 14.5 Å². The quantitative estimate of drug-likeness (QED) is 0.277. The van der Waals surface area contributed by atoms with E-state index >= 15 is 0 Å². The summed E-state index contributed by atoms with van der Waals surface area (Å²) in [5.41, 5.74) is -0.281. The van der Waals surface area contributed by atoms with Gasteiger partial charge in [-0.15, -0.1) is 0 Å². The van der Waals surface area contributed by atoms with E-state index in [2.05, 4.69) is 10.1 Å². The van der Waals surface area contributed by atoms with Gasteiger partial charge in [-0.25, -0.2) is 4.79 Å². The van der Waals surface area contributed by atoms with Crippen LogP contribution < -0.4 is 5.32 Å². The molecule has 0 spiro atoms. The van der Waals surface area contributed by atoms with E-state index in [1.54, 1.807) is 0 Å². The van der Waals surface area contributed by atoms with Gasteiger partial charge in [-0.3, -0.25) is 10.1 Å². The first kappa shape index (κ1) is 17.6. The number of rotatable bonds is 6. The number of benzene rings is 1. The summed E-state index contributed by atoms with van der Waals surface area (Å²) in [7, 11) is 1.24. The summed E-state index contributed by atoms with van der Waals surface area (Å²) < 4.78 is 4.65. The minimum Gasteiger partial charge on any atom is -0.465 e. The van der Waals surface area contributed by atoms with Crippen molar-refractivity contribution in [3.63, 3.8) is 0 Å². The number of nitrogens with one attached hydrogen (secondary N) is 1. The number of carbonyl (C=O) groups excluding carboxylic acids is 1. The number of hydrogen-bond acceptors (Lipinski definition) is 6. The third-order valence-electron chi connectivity index (χ3n) is 2.24. The van der Waals surface area contributed by atoms with Crippen LogP contribution in [0.1, 0.15) is 6.92 Å². The second-order valence-electron chi connectivity index (χ2n) is 3.65. The molecule has 0 aromatic heterocycles. The van der Waals surface area contributed by atoms with Crippen molar-refractivity contribution in [3.8, 4) is 0 Å². The normalized spacial score (nSPS) is 11.1. The molecule has 1 N–H and O–H groups in total. The number of hydrogen-bond donors (Lipinski definition) is 1. The Labute approximate surface area is 135 Å². The molecule has 0 aliphatic heterocycles. The van der Waals surface area contributed by atoms with Gasteiger partial charge in [0.15, 0.2) is 0 Å². The molecule has 0 saturated carbocycles. The smallest absolute Gasteiger partial charge is 0.346 e. The average molecular weight is 351 g/mol. The Morgan fingerprint density at radius 1 is 1.48 bits per heavy atom. The number of ether oxygens (including phenoxy) is 1. The number of nitrogens with zero attached hydrogens (tertiary/aromatic N) is 1. The Morgan fingerprint density at radius 2 is 2.14 bits per heavy atom. The molecule has 0 fully saturated rings. The third kappa shape index (κ3) is 4.80. The fraction of sp³-hybridized carbons (Fsp3) is 0.250. The Morgan fingerprint density at radius 3 is 2.67 bits per heavy atom. The highest BCUT2D eigenvalue weighted by Gasteiger charge is 2.20. The molecular formula is C12H12Cl2N2O4S. The number of esters is 1. The maximum absolute atomic E-state index is 11.7. The Balaban J connectivity index is 3.17. The van der Waals surface area contributed by atoms with Crippen LogP contribution in [0.3, 0.4) is 0 Å². The topological polar surface area (TPSA) is 81.5 Å². The Kier molecular flexibility index (Phi) is 6.80. The van der Waals surface area contributed by atoms with Crippen LogP contribution in [-0.2, 0) is 9.53 Å². The van der Waals surface area contributed by atoms with Crippen molar-refractivity contribution >= 4 is 46.6 Å². The first-order valence-electron chi connectivity index (χ1n) is 5.73. The van der Waals surface area contributed by atoms with Crippen molar-refractivity contribution in [2.75, 3.05) is 13.7 Å². The van der Waals surface area contributed by atoms with E-state index in [9.17, 15) is 14.9 Å². The van der Waals surface area contributed by atoms with Gasteiger partial charge in [0.1, 0.15) is 9.93 Å². The second kappa shape index (κ2) is 8.11. The minimum atomic E-state index is -0.617. The summed E-state index contributed by atoms with van der Waals surface area (Å²) >= 11 is 12.7. The van der Waals surface area contributed by atoms with Gasteiger partial charge in [0.05, 0.1) is 17.1 Å². The molecule has 1 aromatic carbocycles. The molecule has 0 heterocycles. The highest BCUT2D eigenvalue weighted by molar-refractivity contribution is 8.04. The summed E-state index contributed by atoms with van der Waals surface area (Å²) in [5.74, 6) is -0.574. The standard InChI is InChI=1S/C12H12Cl2N2O4S/c1-3-15-6-11(12(17)20-2)21-10-5-9(16(18)19)7(13)4-8(10)14/h4-6,15H,3H2,1-2H3. The molecule has 0 atom stereocenters. The molecule has 0 unspecified atom stereocenters. The summed E-state index contributed by atoms with van der Waals surface area (Å²) in [5, 5.41) is 13.9. The fourth-order valence-electron chi connectivity index (χ4n) is 1.28. The molecule has 1 rings (SSSR count). The van der Waals surface area contributed by atoms with Gasteiger partial charge in [0.25, 0.3) is 5.69 Å². The lowest BCUT2D eigenvalue weighted by atomic mass is 10.3. The molecule has 1 aromatic rings. The van der Waals surface area contributed by atoms with Crippen LogP contribution in [0.25, 0.3) is 0 Å². The van der Waals surface area contributed by atoms with Crippen LogP contribution in [0, 0.1) is 10.1 Å². The number of thioether (sulfide) groups is 1. The predicted octanol–water partition coefficient (Wildman–Crippen LogP) is 3.62. The number of nitro benzene ring substituents is 1. The first-order valence-corrected chi connectivity index (χ1v) is 7.31. The van der Waals surface area contributed by atoms with E-state index in [0.717, 1.165) is 11.8 Å². The van der Waals surface area contributed by atoms with E-state index in [4.69, 9.17) is 23.2 Å². The van der Waals surface area contributed by atoms with E-state index in [1.807, 2.05) is 6.92 Å². The van der Waals surface area contributed by atoms with Crippen molar-refractivity contribution in [2.24, 2.45) is 0 Å². The van der Waals surface area contributed by atoms with Crippen molar-refractivity contribution in [3.05, 3.63) is 43.4 Å². The van der Waals surface area contributed by atoms with Crippen LogP contribution >= 0.6 is 35.0 Å². The lowest BCUT2D eigenvalue weighted by Crippen LogP contribution is -2.09. The summed E-state index contributed by atoms with van der Waals surface area (Å²) in [6.45, 7) is 2.46. The largest absolute Gasteiger partial charge is 0.465 e. The number of nitro groups is 1. The molecular weight excluding hydrogens is 339 g/mol. The van der Waals surface area contributed by atoms with Gasteiger partial charge in [-0.2, -0.15) is 0 Å². The first-order chi connectivity index (χ1) is 9.90. The van der Waals surface area contributed by atoms with Gasteiger partial charge in [0.2, 0.25) is 0 Å². The van der Waals surface area contributed by atoms with Crippen LogP contribution in [0.2, 0.25) is 10.0 Å². The van der Waals surface area contributed by atoms with Crippen molar-refractivity contribution in [2.45, 2.75) is 11.8 Å². The van der Waals surface area contributed by atoms with Crippen LogP contribution in [0.15, 0.2) is 28.1 Å². The van der Waals surface area contributed by atoms with E-state index < -0.39 is 10.9 Å². The highest BCUT2D eigenvalue weighted by Crippen LogP contribution is 2.39. The molecule has 114 valence electrons. The van der Waals surface area contributed by atoms with Crippen LogP contribution in [0.4, 0.5) is 5.69 Å². The van der Waals surface area contributed by atoms with Gasteiger partial charge >= 0.3 is 5.97 Å². The Bertz CT molecular complexity index is 593. The number of carbonyl (C=O) groups is 1. The van der Waals surface area contributed by atoms with Crippen LogP contribution in [0.5, 0.6) is 0 Å². The maximum Gasteiger partial charge on any atom is 0.346 e. The third-order valence-corrected chi connectivity index (χ3v) is 4.03. The monoisotopic (exact) mass is 350 g/mol. The fourth-order valence-corrected chi connectivity index (χ4v) is 2.72. The molecule has 0 aliphatic carbocycles. The zero-order valence-electron chi connectivity index (χ0n) is 11.2. The van der Waals surface area contributed by atoms with Gasteiger partial charge < -0.3 is 10.1 Å². The summed E-state index contributed by atoms with van der Waals surface area (Å²) in [4.78, 5) is 22.5. The zero-order chi connectivity index (χ0) is 16.0. The van der Waals surface area contributed by atoms with Crippen molar-refractivity contribution in [1.29, 1.82) is 0 Å². The van der Waals surface area contributed by atoms with Gasteiger partial charge in [-0.1, -0.05) is 35.0 Å². The summed E-state index contributed by atoms with van der Waals surface area (Å²) in [6.07, 6.45) is 1.47. The molecule has 0 bridgehead atoms. The molecule has 6 nitrogen and oxygen atoms in total. The van der Waals surface area contributed by atoms with Gasteiger partial charge in [0, 0.05) is 23.7 Å². The summed E-state index contributed by atoms with van der Waals surface area (Å²) in [6, 6.07) is 2.49. The van der Waals surface area contributed by atoms with Gasteiger partial charge in [-0.05, 0) is 13.0 Å². The number of methoxy groups -OCH3 is 1. The van der Waals surface area contributed by atoms with E-state index in [0.29, 0.717) is 11.4 Å². The Hall–Kier alpha value is -1.44. The van der Waals surface area contributed by atoms with Crippen LogP contribution in [-0.4, -0.2) is 24.5 Å². The minimum absolute atomic E-state index is 0.0652. The lowest BCUT2D eigenvalue weighted by molar-refractivity contribution is -0.384. The lowest BCUT2D eigenvalue weighted by Gasteiger charge is -2.08. The average Bonchev–Trinajstić information content (AvgIpc) is 2.44. The maximum atomic E-state index is 11.7. The molecule has 0 saturated heterocycles. The molecule has 21 heavy (non-hydrogen) atoms. The van der Waals surface area contributed by atoms with E-state index in [-0.39, 0.29) is 20.6 Å². The van der Waals surface area contributed by atoms with Crippen molar-refractivity contribution in [1.82, 2.24) is 5.32 Å².